The summed E-state index contributed by atoms with van der Waals surface area (Å²) < 4.78 is 6.10. The van der Waals surface area contributed by atoms with Crippen LogP contribution in [0.5, 0.6) is 0 Å². The molecule has 2 saturated heterocycles. The molecule has 0 N–H and O–H groups in total. The Morgan fingerprint density at radius 3 is 2.36 bits per heavy atom. The van der Waals surface area contributed by atoms with Gasteiger partial charge in [-0.05, 0) is 65.5 Å². The number of ether oxygens (including phenoxy) is 1. The molecule has 0 saturated carbocycles. The molecule has 2 aliphatic rings. The molecule has 2 fully saturated rings. The van der Waals surface area contributed by atoms with Gasteiger partial charge in [-0.15, -0.1) is 0 Å². The van der Waals surface area contributed by atoms with Gasteiger partial charge in [-0.2, -0.15) is 0 Å². The SMILES string of the molecule is CN1CCCC[C@@H]1CC(C)(C)CC1CN(C(C)(C)C)CCO1. The number of likely N-dealkylation sites (tertiary alicyclic amines) is 1. The number of hydrogen-bond acceptors (Lipinski definition) is 3. The molecule has 2 rings (SSSR count). The van der Waals surface area contributed by atoms with Crippen LogP contribution in [0, 0.1) is 5.41 Å². The first-order valence-electron chi connectivity index (χ1n) is 9.24. The number of rotatable bonds is 4. The molecule has 1 unspecified atom stereocenters. The highest BCUT2D eigenvalue weighted by atomic mass is 16.5. The maximum Gasteiger partial charge on any atom is 0.0707 e. The van der Waals surface area contributed by atoms with Gasteiger partial charge in [-0.3, -0.25) is 4.90 Å². The Bertz CT molecular complexity index is 348. The average molecular weight is 311 g/mol. The van der Waals surface area contributed by atoms with E-state index in [9.17, 15) is 0 Å². The van der Waals surface area contributed by atoms with Crippen molar-refractivity contribution >= 4 is 0 Å². The summed E-state index contributed by atoms with van der Waals surface area (Å²) in [6.45, 7) is 16.2. The Hall–Kier alpha value is -0.120. The van der Waals surface area contributed by atoms with E-state index in [0.717, 1.165) is 25.7 Å². The normalized spacial score (nSPS) is 29.7. The number of morpholine rings is 1. The van der Waals surface area contributed by atoms with Crippen LogP contribution in [-0.2, 0) is 4.74 Å². The van der Waals surface area contributed by atoms with E-state index in [0.29, 0.717) is 11.5 Å². The van der Waals surface area contributed by atoms with Crippen molar-refractivity contribution in [3.8, 4) is 0 Å². The Labute approximate surface area is 138 Å². The Morgan fingerprint density at radius 1 is 1.00 bits per heavy atom. The maximum absolute atomic E-state index is 6.10. The second-order valence-corrected chi connectivity index (χ2v) is 9.31. The summed E-state index contributed by atoms with van der Waals surface area (Å²) in [5, 5.41) is 0. The van der Waals surface area contributed by atoms with Crippen LogP contribution in [0.4, 0.5) is 0 Å². The Balaban J connectivity index is 1.87. The summed E-state index contributed by atoms with van der Waals surface area (Å²) in [7, 11) is 2.30. The van der Waals surface area contributed by atoms with E-state index in [1.807, 2.05) is 0 Å². The smallest absolute Gasteiger partial charge is 0.0707 e. The molecule has 3 heteroatoms. The van der Waals surface area contributed by atoms with Crippen LogP contribution in [0.2, 0.25) is 0 Å². The van der Waals surface area contributed by atoms with Crippen molar-refractivity contribution in [2.45, 2.75) is 84.4 Å². The lowest BCUT2D eigenvalue weighted by atomic mass is 9.78. The third-order valence-corrected chi connectivity index (χ3v) is 5.58. The Morgan fingerprint density at radius 2 is 1.73 bits per heavy atom. The van der Waals surface area contributed by atoms with Crippen LogP contribution < -0.4 is 0 Å². The molecule has 2 atom stereocenters. The minimum Gasteiger partial charge on any atom is -0.376 e. The summed E-state index contributed by atoms with van der Waals surface area (Å²) in [4.78, 5) is 5.17. The molecular formula is C19H38N2O. The fourth-order valence-corrected chi connectivity index (χ4v) is 4.19. The fraction of sp³-hybridized carbons (Fsp3) is 1.00. The van der Waals surface area contributed by atoms with Gasteiger partial charge in [0.25, 0.3) is 0 Å². The van der Waals surface area contributed by atoms with E-state index in [-0.39, 0.29) is 5.54 Å². The van der Waals surface area contributed by atoms with E-state index in [1.165, 1.54) is 38.6 Å². The number of nitrogens with zero attached hydrogens (tertiary/aromatic N) is 2. The minimum absolute atomic E-state index is 0.260. The van der Waals surface area contributed by atoms with Crippen molar-refractivity contribution in [1.29, 1.82) is 0 Å². The van der Waals surface area contributed by atoms with E-state index in [2.05, 4.69) is 51.5 Å². The zero-order valence-corrected chi connectivity index (χ0v) is 15.8. The van der Waals surface area contributed by atoms with E-state index >= 15 is 0 Å². The van der Waals surface area contributed by atoms with Crippen LogP contribution in [0.25, 0.3) is 0 Å². The third-order valence-electron chi connectivity index (χ3n) is 5.58. The third kappa shape index (κ3) is 5.21. The first-order chi connectivity index (χ1) is 10.2. The van der Waals surface area contributed by atoms with Crippen molar-refractivity contribution in [3.63, 3.8) is 0 Å². The molecule has 2 aliphatic heterocycles. The van der Waals surface area contributed by atoms with Gasteiger partial charge in [0.15, 0.2) is 0 Å². The average Bonchev–Trinajstić information content (AvgIpc) is 2.40. The lowest BCUT2D eigenvalue weighted by Crippen LogP contribution is -2.52. The summed E-state index contributed by atoms with van der Waals surface area (Å²) in [5.41, 5.74) is 0.623. The van der Waals surface area contributed by atoms with Gasteiger partial charge in [-0.1, -0.05) is 20.3 Å². The van der Waals surface area contributed by atoms with E-state index in [1.54, 1.807) is 0 Å². The molecule has 3 nitrogen and oxygen atoms in total. The summed E-state index contributed by atoms with van der Waals surface area (Å²) >= 11 is 0. The van der Waals surface area contributed by atoms with Crippen LogP contribution in [-0.4, -0.2) is 60.8 Å². The highest BCUT2D eigenvalue weighted by molar-refractivity contribution is 4.87. The predicted octanol–water partition coefficient (Wildman–Crippen LogP) is 3.78. The van der Waals surface area contributed by atoms with Crippen LogP contribution in [0.3, 0.4) is 0 Å². The molecule has 0 aromatic heterocycles. The van der Waals surface area contributed by atoms with Gasteiger partial charge < -0.3 is 9.64 Å². The highest BCUT2D eigenvalue weighted by Gasteiger charge is 2.34. The first kappa shape index (κ1) is 18.2. The van der Waals surface area contributed by atoms with Gasteiger partial charge in [0.05, 0.1) is 12.7 Å². The zero-order valence-electron chi connectivity index (χ0n) is 15.8. The van der Waals surface area contributed by atoms with Crippen LogP contribution in [0.1, 0.15) is 66.7 Å². The molecular weight excluding hydrogens is 272 g/mol. The summed E-state index contributed by atoms with van der Waals surface area (Å²) in [6.07, 6.45) is 7.04. The van der Waals surface area contributed by atoms with Crippen molar-refractivity contribution in [3.05, 3.63) is 0 Å². The quantitative estimate of drug-likeness (QED) is 0.786. The molecule has 22 heavy (non-hydrogen) atoms. The van der Waals surface area contributed by atoms with Crippen molar-refractivity contribution < 1.29 is 4.74 Å². The fourth-order valence-electron chi connectivity index (χ4n) is 4.19. The molecule has 0 bridgehead atoms. The monoisotopic (exact) mass is 310 g/mol. The van der Waals surface area contributed by atoms with Crippen LogP contribution >= 0.6 is 0 Å². The van der Waals surface area contributed by atoms with Gasteiger partial charge in [-0.25, -0.2) is 0 Å². The van der Waals surface area contributed by atoms with Gasteiger partial charge in [0.2, 0.25) is 0 Å². The lowest BCUT2D eigenvalue weighted by Gasteiger charge is -2.44. The molecule has 0 aromatic carbocycles. The zero-order chi connectivity index (χ0) is 16.4. The summed E-state index contributed by atoms with van der Waals surface area (Å²) in [6, 6.07) is 0.769. The standard InChI is InChI=1S/C19H38N2O/c1-18(2,3)21-11-12-22-17(15-21)14-19(4,5)13-16-9-7-8-10-20(16)6/h16-17H,7-15H2,1-6H3/t16-,17?/m1/s1. The molecule has 0 amide bonds. The van der Waals surface area contributed by atoms with Gasteiger partial charge in [0, 0.05) is 24.7 Å². The second kappa shape index (κ2) is 7.19. The topological polar surface area (TPSA) is 15.7 Å². The van der Waals surface area contributed by atoms with E-state index in [4.69, 9.17) is 4.74 Å². The number of hydrogen-bond donors (Lipinski definition) is 0. The number of piperidine rings is 1. The van der Waals surface area contributed by atoms with Crippen molar-refractivity contribution in [2.24, 2.45) is 5.41 Å². The summed E-state index contributed by atoms with van der Waals surface area (Å²) in [5.74, 6) is 0. The first-order valence-corrected chi connectivity index (χ1v) is 9.24. The van der Waals surface area contributed by atoms with Crippen molar-refractivity contribution in [1.82, 2.24) is 9.80 Å². The minimum atomic E-state index is 0.260. The molecule has 0 aliphatic carbocycles. The predicted molar refractivity (Wildman–Crippen MR) is 94.4 cm³/mol. The second-order valence-electron chi connectivity index (χ2n) is 9.31. The van der Waals surface area contributed by atoms with Crippen molar-refractivity contribution in [2.75, 3.05) is 33.3 Å². The van der Waals surface area contributed by atoms with Crippen LogP contribution in [0.15, 0.2) is 0 Å². The molecule has 0 radical (unpaired) electrons. The molecule has 2 heterocycles. The largest absolute Gasteiger partial charge is 0.376 e. The van der Waals surface area contributed by atoms with Gasteiger partial charge in [0.1, 0.15) is 0 Å². The molecule has 130 valence electrons. The lowest BCUT2D eigenvalue weighted by molar-refractivity contribution is -0.0754. The molecule has 0 spiro atoms. The van der Waals surface area contributed by atoms with E-state index < -0.39 is 0 Å². The molecule has 0 aromatic rings. The van der Waals surface area contributed by atoms with Gasteiger partial charge >= 0.3 is 0 Å². The Kier molecular flexibility index (Phi) is 5.95. The maximum atomic E-state index is 6.10. The highest BCUT2D eigenvalue weighted by Crippen LogP contribution is 2.34.